The Morgan fingerprint density at radius 1 is 1.44 bits per heavy atom. The fourth-order valence-electron chi connectivity index (χ4n) is 1.63. The first kappa shape index (κ1) is 10.8. The standard InChI is InChI=1S/C12H15N3O/c16-12(11-3-7-14-8-4-11)15-9-10-1-5-13-6-2-10/h1,3-4,7-8,13H,2,5-6,9H2,(H,15,16). The predicted molar refractivity (Wildman–Crippen MR) is 62.1 cm³/mol. The summed E-state index contributed by atoms with van der Waals surface area (Å²) in [6.07, 6.45) is 6.39. The molecule has 0 atom stereocenters. The highest BCUT2D eigenvalue weighted by atomic mass is 16.1. The van der Waals surface area contributed by atoms with Crippen LogP contribution in [0.4, 0.5) is 0 Å². The third-order valence-electron chi connectivity index (χ3n) is 2.58. The summed E-state index contributed by atoms with van der Waals surface area (Å²) in [5.41, 5.74) is 1.95. The minimum Gasteiger partial charge on any atom is -0.348 e. The van der Waals surface area contributed by atoms with Gasteiger partial charge in [-0.2, -0.15) is 0 Å². The van der Waals surface area contributed by atoms with Crippen molar-refractivity contribution >= 4 is 5.91 Å². The number of rotatable bonds is 3. The lowest BCUT2D eigenvalue weighted by atomic mass is 10.1. The largest absolute Gasteiger partial charge is 0.348 e. The number of nitrogens with one attached hydrogen (secondary N) is 2. The molecule has 0 radical (unpaired) electrons. The maximum absolute atomic E-state index is 11.7. The minimum atomic E-state index is -0.0400. The summed E-state index contributed by atoms with van der Waals surface area (Å²) in [4.78, 5) is 15.6. The van der Waals surface area contributed by atoms with Gasteiger partial charge in [-0.1, -0.05) is 11.6 Å². The zero-order valence-electron chi connectivity index (χ0n) is 9.07. The molecule has 0 unspecified atom stereocenters. The van der Waals surface area contributed by atoms with Crippen LogP contribution in [0.3, 0.4) is 0 Å². The average Bonchev–Trinajstić information content (AvgIpc) is 2.38. The van der Waals surface area contributed by atoms with Crippen molar-refractivity contribution in [2.75, 3.05) is 19.6 Å². The van der Waals surface area contributed by atoms with Gasteiger partial charge in [-0.25, -0.2) is 0 Å². The Morgan fingerprint density at radius 3 is 2.94 bits per heavy atom. The molecule has 0 spiro atoms. The SMILES string of the molecule is O=C(NCC1=CCNCC1)c1ccncc1. The molecule has 1 aliphatic rings. The first-order valence-electron chi connectivity index (χ1n) is 5.43. The molecule has 2 heterocycles. The molecule has 0 aromatic carbocycles. The monoisotopic (exact) mass is 217 g/mol. The molecule has 2 rings (SSSR count). The lowest BCUT2D eigenvalue weighted by Crippen LogP contribution is -2.29. The lowest BCUT2D eigenvalue weighted by molar-refractivity contribution is 0.0956. The van der Waals surface area contributed by atoms with E-state index in [9.17, 15) is 4.79 Å². The van der Waals surface area contributed by atoms with E-state index in [2.05, 4.69) is 21.7 Å². The van der Waals surface area contributed by atoms with Crippen LogP contribution in [0.1, 0.15) is 16.8 Å². The molecular weight excluding hydrogens is 202 g/mol. The fraction of sp³-hybridized carbons (Fsp3) is 0.333. The number of amides is 1. The third-order valence-corrected chi connectivity index (χ3v) is 2.58. The van der Waals surface area contributed by atoms with Crippen LogP contribution < -0.4 is 10.6 Å². The van der Waals surface area contributed by atoms with Crippen LogP contribution in [-0.4, -0.2) is 30.5 Å². The van der Waals surface area contributed by atoms with E-state index in [1.165, 1.54) is 5.57 Å². The number of nitrogens with zero attached hydrogens (tertiary/aromatic N) is 1. The molecule has 0 saturated carbocycles. The molecule has 1 aliphatic heterocycles. The van der Waals surface area contributed by atoms with Gasteiger partial charge in [-0.15, -0.1) is 0 Å². The van der Waals surface area contributed by atoms with Crippen LogP contribution in [0.5, 0.6) is 0 Å². The van der Waals surface area contributed by atoms with Gasteiger partial charge in [-0.3, -0.25) is 9.78 Å². The van der Waals surface area contributed by atoms with E-state index >= 15 is 0 Å². The average molecular weight is 217 g/mol. The predicted octanol–water partition coefficient (Wildman–Crippen LogP) is 0.731. The second kappa shape index (κ2) is 5.42. The highest BCUT2D eigenvalue weighted by molar-refractivity contribution is 5.94. The number of hydrogen-bond acceptors (Lipinski definition) is 3. The molecule has 1 aromatic rings. The van der Waals surface area contributed by atoms with E-state index in [1.54, 1.807) is 24.5 Å². The minimum absolute atomic E-state index is 0.0400. The molecule has 0 fully saturated rings. The van der Waals surface area contributed by atoms with Crippen LogP contribution in [0, 0.1) is 0 Å². The van der Waals surface area contributed by atoms with Gasteiger partial charge in [0.1, 0.15) is 0 Å². The Labute approximate surface area is 94.8 Å². The fourth-order valence-corrected chi connectivity index (χ4v) is 1.63. The molecule has 4 nitrogen and oxygen atoms in total. The molecule has 0 bridgehead atoms. The number of carbonyl (C=O) groups is 1. The summed E-state index contributed by atoms with van der Waals surface area (Å²) in [5, 5.41) is 6.14. The molecule has 4 heteroatoms. The van der Waals surface area contributed by atoms with E-state index in [1.807, 2.05) is 0 Å². The summed E-state index contributed by atoms with van der Waals surface area (Å²) >= 11 is 0. The number of hydrogen-bond donors (Lipinski definition) is 2. The molecule has 16 heavy (non-hydrogen) atoms. The molecule has 2 N–H and O–H groups in total. The van der Waals surface area contributed by atoms with Crippen LogP contribution in [0.2, 0.25) is 0 Å². The summed E-state index contributed by atoms with van der Waals surface area (Å²) in [7, 11) is 0. The highest BCUT2D eigenvalue weighted by Gasteiger charge is 2.06. The Hall–Kier alpha value is -1.68. The molecular formula is C12H15N3O. The quantitative estimate of drug-likeness (QED) is 0.734. The lowest BCUT2D eigenvalue weighted by Gasteiger charge is -2.14. The van der Waals surface area contributed by atoms with Gasteiger partial charge in [0, 0.05) is 31.0 Å². The Kier molecular flexibility index (Phi) is 3.66. The second-order valence-corrected chi connectivity index (χ2v) is 3.74. The van der Waals surface area contributed by atoms with E-state index in [0.717, 1.165) is 19.5 Å². The van der Waals surface area contributed by atoms with Crippen LogP contribution in [0.25, 0.3) is 0 Å². The van der Waals surface area contributed by atoms with Gasteiger partial charge in [0.2, 0.25) is 0 Å². The summed E-state index contributed by atoms with van der Waals surface area (Å²) in [6, 6.07) is 3.43. The Bertz CT molecular complexity index is 387. The summed E-state index contributed by atoms with van der Waals surface area (Å²) in [5.74, 6) is -0.0400. The van der Waals surface area contributed by atoms with E-state index < -0.39 is 0 Å². The van der Waals surface area contributed by atoms with E-state index in [4.69, 9.17) is 0 Å². The Morgan fingerprint density at radius 2 is 2.25 bits per heavy atom. The molecule has 84 valence electrons. The summed E-state index contributed by atoms with van der Waals surface area (Å²) in [6.45, 7) is 2.54. The molecule has 1 amide bonds. The number of carbonyl (C=O) groups excluding carboxylic acids is 1. The maximum Gasteiger partial charge on any atom is 0.251 e. The number of aromatic nitrogens is 1. The highest BCUT2D eigenvalue weighted by Crippen LogP contribution is 2.03. The van der Waals surface area contributed by atoms with Gasteiger partial charge in [0.25, 0.3) is 5.91 Å². The van der Waals surface area contributed by atoms with Gasteiger partial charge in [0.15, 0.2) is 0 Å². The van der Waals surface area contributed by atoms with E-state index in [-0.39, 0.29) is 5.91 Å². The van der Waals surface area contributed by atoms with Gasteiger partial charge >= 0.3 is 0 Å². The zero-order chi connectivity index (χ0) is 11.2. The third kappa shape index (κ3) is 2.90. The van der Waals surface area contributed by atoms with Crippen molar-refractivity contribution in [1.29, 1.82) is 0 Å². The van der Waals surface area contributed by atoms with Crippen LogP contribution in [0.15, 0.2) is 36.2 Å². The van der Waals surface area contributed by atoms with Crippen molar-refractivity contribution in [3.05, 3.63) is 41.7 Å². The van der Waals surface area contributed by atoms with Crippen molar-refractivity contribution in [2.24, 2.45) is 0 Å². The van der Waals surface area contributed by atoms with Crippen molar-refractivity contribution in [1.82, 2.24) is 15.6 Å². The first-order chi connectivity index (χ1) is 7.86. The van der Waals surface area contributed by atoms with Crippen molar-refractivity contribution < 1.29 is 4.79 Å². The van der Waals surface area contributed by atoms with Crippen LogP contribution >= 0.6 is 0 Å². The molecule has 0 aliphatic carbocycles. The maximum atomic E-state index is 11.7. The summed E-state index contributed by atoms with van der Waals surface area (Å²) < 4.78 is 0. The van der Waals surface area contributed by atoms with Crippen LogP contribution in [-0.2, 0) is 0 Å². The number of pyridine rings is 1. The van der Waals surface area contributed by atoms with Crippen molar-refractivity contribution in [2.45, 2.75) is 6.42 Å². The molecule has 0 saturated heterocycles. The van der Waals surface area contributed by atoms with Gasteiger partial charge < -0.3 is 10.6 Å². The van der Waals surface area contributed by atoms with Crippen molar-refractivity contribution in [3.8, 4) is 0 Å². The first-order valence-corrected chi connectivity index (χ1v) is 5.43. The second-order valence-electron chi connectivity index (χ2n) is 3.74. The topological polar surface area (TPSA) is 54.0 Å². The zero-order valence-corrected chi connectivity index (χ0v) is 9.07. The van der Waals surface area contributed by atoms with Gasteiger partial charge in [-0.05, 0) is 25.1 Å². The van der Waals surface area contributed by atoms with E-state index in [0.29, 0.717) is 12.1 Å². The normalized spacial score (nSPS) is 15.4. The Balaban J connectivity index is 1.86. The van der Waals surface area contributed by atoms with Gasteiger partial charge in [0.05, 0.1) is 0 Å². The molecule has 1 aromatic heterocycles. The van der Waals surface area contributed by atoms with Crippen molar-refractivity contribution in [3.63, 3.8) is 0 Å². The smallest absolute Gasteiger partial charge is 0.251 e.